The summed E-state index contributed by atoms with van der Waals surface area (Å²) >= 11 is 0. The molecule has 0 unspecified atom stereocenters. The summed E-state index contributed by atoms with van der Waals surface area (Å²) in [6, 6.07) is 15.9. The molecule has 0 spiro atoms. The normalized spacial score (nSPS) is 13.1. The third-order valence-electron chi connectivity index (χ3n) is 4.48. The summed E-state index contributed by atoms with van der Waals surface area (Å²) in [7, 11) is 8.15. The van der Waals surface area contributed by atoms with Gasteiger partial charge in [-0.1, -0.05) is 24.3 Å². The minimum absolute atomic E-state index is 0.273. The van der Waals surface area contributed by atoms with Gasteiger partial charge < -0.3 is 10.0 Å². The Hall–Kier alpha value is -3.07. The molecule has 1 aliphatic carbocycles. The molecule has 0 amide bonds. The maximum atomic E-state index is 9.96. The number of benzene rings is 2. The molecule has 26 heavy (non-hydrogen) atoms. The molecule has 3 heteroatoms. The van der Waals surface area contributed by atoms with Gasteiger partial charge in [0.1, 0.15) is 19.8 Å². The molecule has 1 aliphatic rings. The lowest BCUT2D eigenvalue weighted by atomic mass is 9.90. The molecular formula is C23H25N2O+. The van der Waals surface area contributed by atoms with Gasteiger partial charge in [-0.2, -0.15) is 0 Å². The standard InChI is InChI=1S/C23H24N2O/c1-24(2)20-12-8-17(9-13-20)23(19-6-5-7-22(26)16-19)18-10-14-21(15-11-18)25(3)4/h5-16H,1-4H3/p+1. The third-order valence-corrected chi connectivity index (χ3v) is 4.48. The average Bonchev–Trinajstić information content (AvgIpc) is 2.63. The van der Waals surface area contributed by atoms with Crippen molar-refractivity contribution in [3.05, 3.63) is 89.5 Å². The van der Waals surface area contributed by atoms with Crippen molar-refractivity contribution in [3.63, 3.8) is 0 Å². The molecule has 0 saturated carbocycles. The molecule has 1 N–H and O–H groups in total. The lowest BCUT2D eigenvalue weighted by Crippen LogP contribution is -2.10. The molecule has 0 bridgehead atoms. The number of anilines is 1. The van der Waals surface area contributed by atoms with Gasteiger partial charge in [-0.25, -0.2) is 4.58 Å². The van der Waals surface area contributed by atoms with Gasteiger partial charge in [0.2, 0.25) is 0 Å². The zero-order valence-electron chi connectivity index (χ0n) is 15.8. The van der Waals surface area contributed by atoms with E-state index < -0.39 is 0 Å². The molecule has 132 valence electrons. The van der Waals surface area contributed by atoms with Gasteiger partial charge in [-0.05, 0) is 58.7 Å². The Bertz CT molecular complexity index is 907. The topological polar surface area (TPSA) is 26.5 Å². The number of allylic oxidation sites excluding steroid dienone is 5. The van der Waals surface area contributed by atoms with Gasteiger partial charge in [0.25, 0.3) is 0 Å². The first-order valence-electron chi connectivity index (χ1n) is 8.67. The van der Waals surface area contributed by atoms with Crippen LogP contribution in [0.4, 0.5) is 5.69 Å². The minimum atomic E-state index is 0.273. The summed E-state index contributed by atoms with van der Waals surface area (Å²) in [5.41, 5.74) is 6.67. The highest BCUT2D eigenvalue weighted by Gasteiger charge is 2.13. The van der Waals surface area contributed by atoms with Crippen LogP contribution in [0.15, 0.2) is 78.4 Å². The molecule has 3 nitrogen and oxygen atoms in total. The van der Waals surface area contributed by atoms with Crippen LogP contribution in [0.1, 0.15) is 11.1 Å². The van der Waals surface area contributed by atoms with Crippen molar-refractivity contribution in [1.29, 1.82) is 0 Å². The van der Waals surface area contributed by atoms with E-state index in [-0.39, 0.29) is 5.75 Å². The second kappa shape index (κ2) is 7.44. The second-order valence-corrected chi connectivity index (χ2v) is 6.81. The SMILES string of the molecule is CN(C)c1ccc(C(=C2C=CC(=[N+](C)C)C=C2)c2cccc(O)c2)cc1. The first-order valence-corrected chi connectivity index (χ1v) is 8.67. The van der Waals surface area contributed by atoms with Crippen molar-refractivity contribution in [2.45, 2.75) is 0 Å². The maximum Gasteiger partial charge on any atom is 0.199 e. The number of phenols is 1. The largest absolute Gasteiger partial charge is 0.508 e. The van der Waals surface area contributed by atoms with E-state index in [9.17, 15) is 5.11 Å². The zero-order valence-corrected chi connectivity index (χ0v) is 15.8. The van der Waals surface area contributed by atoms with E-state index in [2.05, 4.69) is 58.0 Å². The van der Waals surface area contributed by atoms with E-state index in [4.69, 9.17) is 0 Å². The fourth-order valence-electron chi connectivity index (χ4n) is 3.01. The van der Waals surface area contributed by atoms with Crippen LogP contribution in [0.2, 0.25) is 0 Å². The van der Waals surface area contributed by atoms with Crippen molar-refractivity contribution in [3.8, 4) is 5.75 Å². The van der Waals surface area contributed by atoms with Gasteiger partial charge in [0, 0.05) is 31.9 Å². The van der Waals surface area contributed by atoms with Crippen LogP contribution in [0, 0.1) is 0 Å². The first kappa shape index (κ1) is 17.7. The van der Waals surface area contributed by atoms with E-state index in [0.717, 1.165) is 33.7 Å². The van der Waals surface area contributed by atoms with Crippen LogP contribution < -0.4 is 4.90 Å². The van der Waals surface area contributed by atoms with E-state index in [1.807, 2.05) is 46.4 Å². The molecule has 3 rings (SSSR count). The van der Waals surface area contributed by atoms with Crippen molar-refractivity contribution in [1.82, 2.24) is 0 Å². The summed E-state index contributed by atoms with van der Waals surface area (Å²) in [4.78, 5) is 2.09. The Balaban J connectivity index is 2.15. The van der Waals surface area contributed by atoms with Crippen LogP contribution in [0.3, 0.4) is 0 Å². The lowest BCUT2D eigenvalue weighted by Gasteiger charge is -2.16. The van der Waals surface area contributed by atoms with E-state index in [1.165, 1.54) is 0 Å². The molecule has 0 heterocycles. The summed E-state index contributed by atoms with van der Waals surface area (Å²) < 4.78 is 2.09. The maximum absolute atomic E-state index is 9.96. The van der Waals surface area contributed by atoms with Crippen LogP contribution in [0.25, 0.3) is 5.57 Å². The van der Waals surface area contributed by atoms with Crippen LogP contribution >= 0.6 is 0 Å². The Morgan fingerprint density at radius 2 is 1.50 bits per heavy atom. The fourth-order valence-corrected chi connectivity index (χ4v) is 3.01. The predicted molar refractivity (Wildman–Crippen MR) is 110 cm³/mol. The Kier molecular flexibility index (Phi) is 5.08. The zero-order chi connectivity index (χ0) is 18.7. The first-order chi connectivity index (χ1) is 12.5. The summed E-state index contributed by atoms with van der Waals surface area (Å²) in [6.45, 7) is 0. The van der Waals surface area contributed by atoms with Crippen LogP contribution in [-0.4, -0.2) is 43.6 Å². The van der Waals surface area contributed by atoms with E-state index in [0.29, 0.717) is 0 Å². The molecule has 0 saturated heterocycles. The molecular weight excluding hydrogens is 320 g/mol. The third kappa shape index (κ3) is 3.77. The highest BCUT2D eigenvalue weighted by Crippen LogP contribution is 2.32. The summed E-state index contributed by atoms with van der Waals surface area (Å²) in [5, 5.41) is 9.96. The van der Waals surface area contributed by atoms with E-state index >= 15 is 0 Å². The second-order valence-electron chi connectivity index (χ2n) is 6.81. The van der Waals surface area contributed by atoms with Crippen molar-refractivity contribution in [2.75, 3.05) is 33.1 Å². The van der Waals surface area contributed by atoms with Crippen molar-refractivity contribution in [2.24, 2.45) is 0 Å². The number of hydrogen-bond acceptors (Lipinski definition) is 2. The summed E-state index contributed by atoms with van der Waals surface area (Å²) in [5.74, 6) is 0.273. The highest BCUT2D eigenvalue weighted by atomic mass is 16.3. The lowest BCUT2D eigenvalue weighted by molar-refractivity contribution is -0.462. The Morgan fingerprint density at radius 1 is 0.846 bits per heavy atom. The van der Waals surface area contributed by atoms with Crippen molar-refractivity contribution < 1.29 is 9.68 Å². The van der Waals surface area contributed by atoms with E-state index in [1.54, 1.807) is 6.07 Å². The smallest absolute Gasteiger partial charge is 0.199 e. The van der Waals surface area contributed by atoms with Crippen molar-refractivity contribution >= 4 is 17.0 Å². The summed E-state index contributed by atoms with van der Waals surface area (Å²) in [6.07, 6.45) is 8.50. The Labute approximate surface area is 155 Å². The van der Waals surface area contributed by atoms with Gasteiger partial charge in [0.05, 0.1) is 0 Å². The predicted octanol–water partition coefficient (Wildman–Crippen LogP) is 4.10. The molecule has 0 radical (unpaired) electrons. The monoisotopic (exact) mass is 345 g/mol. The Morgan fingerprint density at radius 3 is 2.04 bits per heavy atom. The van der Waals surface area contributed by atoms with Gasteiger partial charge in [0.15, 0.2) is 5.71 Å². The van der Waals surface area contributed by atoms with Crippen LogP contribution in [0.5, 0.6) is 5.75 Å². The molecule has 0 aromatic heterocycles. The number of phenolic OH excluding ortho intramolecular Hbond substituents is 1. The number of hydrogen-bond donors (Lipinski definition) is 1. The number of aromatic hydroxyl groups is 1. The molecule has 2 aromatic rings. The van der Waals surface area contributed by atoms with Crippen LogP contribution in [-0.2, 0) is 0 Å². The molecule has 0 fully saturated rings. The quantitative estimate of drug-likeness (QED) is 0.848. The van der Waals surface area contributed by atoms with Gasteiger partial charge >= 0.3 is 0 Å². The number of nitrogens with zero attached hydrogens (tertiary/aromatic N) is 2. The fraction of sp³-hybridized carbons (Fsp3) is 0.174. The van der Waals surface area contributed by atoms with Gasteiger partial charge in [-0.15, -0.1) is 0 Å². The van der Waals surface area contributed by atoms with Gasteiger partial charge in [-0.3, -0.25) is 0 Å². The minimum Gasteiger partial charge on any atom is -0.508 e. The molecule has 0 aliphatic heterocycles. The highest BCUT2D eigenvalue weighted by molar-refractivity contribution is 6.04. The molecule has 0 atom stereocenters. The molecule has 2 aromatic carbocycles. The average molecular weight is 345 g/mol. The number of rotatable bonds is 3.